The molecule has 3 aliphatic rings. The number of epoxide rings is 2. The first kappa shape index (κ1) is 15.2. The van der Waals surface area contributed by atoms with E-state index in [1.165, 1.54) is 38.8 Å². The van der Waals surface area contributed by atoms with Crippen molar-refractivity contribution in [3.63, 3.8) is 0 Å². The third kappa shape index (κ3) is 5.75. The van der Waals surface area contributed by atoms with Crippen molar-refractivity contribution < 1.29 is 9.47 Å². The standard InChI is InChI=1S/C14H26N2O2.H3N/c1-2-11(5-15-7-13-9-17-13)4-12(3-1)6-16-8-14-10-18-14;/h11-16H,1-10H2;1H3. The maximum absolute atomic E-state index is 5.22. The van der Waals surface area contributed by atoms with Gasteiger partial charge in [0.2, 0.25) is 0 Å². The van der Waals surface area contributed by atoms with Crippen molar-refractivity contribution in [1.29, 1.82) is 0 Å². The smallest absolute Gasteiger partial charge is 0.0933 e. The van der Waals surface area contributed by atoms with E-state index in [0.717, 1.165) is 38.1 Å². The average Bonchev–Trinajstić information content (AvgIpc) is 3.25. The predicted molar refractivity (Wildman–Crippen MR) is 75.7 cm³/mol. The van der Waals surface area contributed by atoms with Crippen LogP contribution in [0.2, 0.25) is 0 Å². The van der Waals surface area contributed by atoms with E-state index in [1.54, 1.807) is 0 Å². The van der Waals surface area contributed by atoms with Gasteiger partial charge in [0.25, 0.3) is 0 Å². The molecule has 0 aromatic rings. The van der Waals surface area contributed by atoms with Crippen molar-refractivity contribution in [3.8, 4) is 0 Å². The van der Waals surface area contributed by atoms with Gasteiger partial charge in [0.05, 0.1) is 25.4 Å². The van der Waals surface area contributed by atoms with Crippen molar-refractivity contribution in [3.05, 3.63) is 0 Å². The summed E-state index contributed by atoms with van der Waals surface area (Å²) in [7, 11) is 0. The molecule has 1 aliphatic carbocycles. The second kappa shape index (κ2) is 7.55. The highest BCUT2D eigenvalue weighted by molar-refractivity contribution is 4.79. The summed E-state index contributed by atoms with van der Waals surface area (Å²) >= 11 is 0. The number of hydrogen-bond acceptors (Lipinski definition) is 5. The molecule has 5 heteroatoms. The first-order valence-corrected chi connectivity index (χ1v) is 7.55. The third-order valence-corrected chi connectivity index (χ3v) is 4.31. The van der Waals surface area contributed by atoms with Crippen LogP contribution in [-0.2, 0) is 9.47 Å². The number of ether oxygens (including phenoxy) is 2. The molecule has 3 rings (SSSR count). The maximum atomic E-state index is 5.22. The minimum Gasteiger partial charge on any atom is -0.372 e. The fourth-order valence-electron chi connectivity index (χ4n) is 3.04. The van der Waals surface area contributed by atoms with E-state index in [-0.39, 0.29) is 6.15 Å². The summed E-state index contributed by atoms with van der Waals surface area (Å²) in [5, 5.41) is 7.11. The molecule has 5 N–H and O–H groups in total. The van der Waals surface area contributed by atoms with Crippen molar-refractivity contribution in [2.45, 2.75) is 37.9 Å². The van der Waals surface area contributed by atoms with Gasteiger partial charge < -0.3 is 26.3 Å². The summed E-state index contributed by atoms with van der Waals surface area (Å²) in [6.45, 7) is 6.40. The Kier molecular flexibility index (Phi) is 6.04. The van der Waals surface area contributed by atoms with E-state index >= 15 is 0 Å². The van der Waals surface area contributed by atoms with E-state index in [2.05, 4.69) is 10.6 Å². The molecule has 0 aromatic heterocycles. The van der Waals surface area contributed by atoms with Crippen molar-refractivity contribution in [2.24, 2.45) is 11.8 Å². The highest BCUT2D eigenvalue weighted by Gasteiger charge is 2.25. The van der Waals surface area contributed by atoms with Crippen LogP contribution in [-0.4, -0.2) is 51.6 Å². The molecule has 0 radical (unpaired) electrons. The molecule has 4 unspecified atom stereocenters. The van der Waals surface area contributed by atoms with E-state index in [9.17, 15) is 0 Å². The molecule has 1 saturated carbocycles. The predicted octanol–water partition coefficient (Wildman–Crippen LogP) is 0.932. The van der Waals surface area contributed by atoms with Gasteiger partial charge in [-0.3, -0.25) is 0 Å². The first-order valence-electron chi connectivity index (χ1n) is 7.55. The zero-order chi connectivity index (χ0) is 12.2. The van der Waals surface area contributed by atoms with Gasteiger partial charge in [-0.25, -0.2) is 0 Å². The van der Waals surface area contributed by atoms with Crippen LogP contribution in [0, 0.1) is 11.8 Å². The van der Waals surface area contributed by atoms with Gasteiger partial charge in [-0.2, -0.15) is 0 Å². The average molecular weight is 271 g/mol. The lowest BCUT2D eigenvalue weighted by Gasteiger charge is -2.29. The lowest BCUT2D eigenvalue weighted by molar-refractivity contribution is 0.249. The van der Waals surface area contributed by atoms with Gasteiger partial charge in [0, 0.05) is 13.1 Å². The summed E-state index contributed by atoms with van der Waals surface area (Å²) in [6.07, 6.45) is 6.63. The molecule has 5 nitrogen and oxygen atoms in total. The summed E-state index contributed by atoms with van der Waals surface area (Å²) < 4.78 is 10.4. The normalized spacial score (nSPS) is 36.6. The Hall–Kier alpha value is -0.200. The van der Waals surface area contributed by atoms with E-state index in [0.29, 0.717) is 12.2 Å². The molecule has 4 atom stereocenters. The van der Waals surface area contributed by atoms with Crippen molar-refractivity contribution in [2.75, 3.05) is 39.4 Å². The monoisotopic (exact) mass is 271 g/mol. The maximum Gasteiger partial charge on any atom is 0.0933 e. The van der Waals surface area contributed by atoms with Crippen LogP contribution >= 0.6 is 0 Å². The number of hydrogen-bond donors (Lipinski definition) is 3. The van der Waals surface area contributed by atoms with Crippen LogP contribution in [0.25, 0.3) is 0 Å². The lowest BCUT2D eigenvalue weighted by atomic mass is 9.81. The summed E-state index contributed by atoms with van der Waals surface area (Å²) in [6, 6.07) is 0. The Morgan fingerprint density at radius 1 is 0.789 bits per heavy atom. The van der Waals surface area contributed by atoms with Gasteiger partial charge in [-0.05, 0) is 44.2 Å². The lowest BCUT2D eigenvalue weighted by Crippen LogP contribution is -2.33. The molecule has 2 saturated heterocycles. The molecule has 112 valence electrons. The summed E-state index contributed by atoms with van der Waals surface area (Å²) in [5.74, 6) is 1.75. The molecule has 2 heterocycles. The van der Waals surface area contributed by atoms with Crippen LogP contribution in [0.1, 0.15) is 25.7 Å². The molecule has 2 aliphatic heterocycles. The first-order chi connectivity index (χ1) is 8.90. The SMILES string of the molecule is C1CC(CNCC2CO2)CC(CNCC2CO2)C1.N. The Morgan fingerprint density at radius 2 is 1.26 bits per heavy atom. The van der Waals surface area contributed by atoms with E-state index in [1.807, 2.05) is 0 Å². The molecular weight excluding hydrogens is 242 g/mol. The number of rotatable bonds is 8. The largest absolute Gasteiger partial charge is 0.372 e. The van der Waals surface area contributed by atoms with Gasteiger partial charge in [-0.1, -0.05) is 6.42 Å². The van der Waals surface area contributed by atoms with Crippen molar-refractivity contribution in [1.82, 2.24) is 16.8 Å². The van der Waals surface area contributed by atoms with Crippen LogP contribution in [0.15, 0.2) is 0 Å². The third-order valence-electron chi connectivity index (χ3n) is 4.31. The zero-order valence-corrected chi connectivity index (χ0v) is 11.9. The van der Waals surface area contributed by atoms with Crippen LogP contribution in [0.5, 0.6) is 0 Å². The minimum atomic E-state index is 0. The Balaban J connectivity index is 0.00000133. The molecule has 0 amide bonds. The van der Waals surface area contributed by atoms with Crippen LogP contribution in [0.3, 0.4) is 0 Å². The second-order valence-electron chi connectivity index (χ2n) is 6.13. The quantitative estimate of drug-likeness (QED) is 0.572. The molecular formula is C14H29N3O2. The van der Waals surface area contributed by atoms with Gasteiger partial charge in [0.15, 0.2) is 0 Å². The van der Waals surface area contributed by atoms with Gasteiger partial charge in [0.1, 0.15) is 0 Å². The molecule has 0 aromatic carbocycles. The van der Waals surface area contributed by atoms with E-state index < -0.39 is 0 Å². The highest BCUT2D eigenvalue weighted by atomic mass is 16.6. The molecule has 0 spiro atoms. The molecule has 0 bridgehead atoms. The topological polar surface area (TPSA) is 84.1 Å². The fourth-order valence-corrected chi connectivity index (χ4v) is 3.04. The minimum absolute atomic E-state index is 0. The summed E-state index contributed by atoms with van der Waals surface area (Å²) in [4.78, 5) is 0. The molecule has 19 heavy (non-hydrogen) atoms. The van der Waals surface area contributed by atoms with Crippen molar-refractivity contribution >= 4 is 0 Å². The summed E-state index contributed by atoms with van der Waals surface area (Å²) in [5.41, 5.74) is 0. The van der Waals surface area contributed by atoms with E-state index in [4.69, 9.17) is 9.47 Å². The highest BCUT2D eigenvalue weighted by Crippen LogP contribution is 2.28. The van der Waals surface area contributed by atoms with Gasteiger partial charge >= 0.3 is 0 Å². The van der Waals surface area contributed by atoms with Crippen LogP contribution < -0.4 is 16.8 Å². The number of nitrogens with one attached hydrogen (secondary N) is 2. The fraction of sp³-hybridized carbons (Fsp3) is 1.00. The Bertz CT molecular complexity index is 233. The van der Waals surface area contributed by atoms with Gasteiger partial charge in [-0.15, -0.1) is 0 Å². The second-order valence-corrected chi connectivity index (χ2v) is 6.13. The molecule has 3 fully saturated rings. The van der Waals surface area contributed by atoms with Crippen LogP contribution in [0.4, 0.5) is 0 Å². The zero-order valence-electron chi connectivity index (χ0n) is 11.9. The Morgan fingerprint density at radius 3 is 1.68 bits per heavy atom. The Labute approximate surface area is 116 Å².